The summed E-state index contributed by atoms with van der Waals surface area (Å²) in [5.41, 5.74) is 0.172. The molecule has 2 aromatic carbocycles. The maximum absolute atomic E-state index is 12.9. The first-order valence-corrected chi connectivity index (χ1v) is 8.95. The van der Waals surface area contributed by atoms with Crippen LogP contribution < -0.4 is 9.04 Å². The van der Waals surface area contributed by atoms with Crippen molar-refractivity contribution in [3.05, 3.63) is 71.3 Å². The molecule has 0 N–H and O–H groups in total. The highest BCUT2D eigenvalue weighted by molar-refractivity contribution is 7.92. The molecule has 7 nitrogen and oxygen atoms in total. The van der Waals surface area contributed by atoms with E-state index in [2.05, 4.69) is 6.58 Å². The number of hydrogen-bond acceptors (Lipinski definition) is 5. The van der Waals surface area contributed by atoms with Crippen molar-refractivity contribution in [3.63, 3.8) is 0 Å². The summed E-state index contributed by atoms with van der Waals surface area (Å²) < 4.78 is 32.3. The summed E-state index contributed by atoms with van der Waals surface area (Å²) in [7, 11) is -3.92. The Labute approximate surface area is 146 Å². The Balaban J connectivity index is 2.36. The molecule has 0 aliphatic rings. The van der Waals surface area contributed by atoms with Gasteiger partial charge in [-0.3, -0.25) is 14.4 Å². The van der Waals surface area contributed by atoms with Crippen LogP contribution in [0.5, 0.6) is 5.75 Å². The Morgan fingerprint density at radius 1 is 1.24 bits per heavy atom. The maximum atomic E-state index is 12.9. The molecule has 0 spiro atoms. The number of nitrogens with zero attached hydrogens (tertiary/aromatic N) is 2. The van der Waals surface area contributed by atoms with Gasteiger partial charge < -0.3 is 4.74 Å². The molecule has 0 radical (unpaired) electrons. The molecule has 2 aromatic rings. The second-order valence-electron chi connectivity index (χ2n) is 5.02. The molecule has 0 saturated heterocycles. The predicted octanol–water partition coefficient (Wildman–Crippen LogP) is 3.37. The lowest BCUT2D eigenvalue weighted by atomic mass is 10.3. The molecule has 8 heteroatoms. The molecule has 0 unspecified atom stereocenters. The van der Waals surface area contributed by atoms with Crippen LogP contribution in [-0.4, -0.2) is 26.5 Å². The van der Waals surface area contributed by atoms with Crippen LogP contribution in [0.15, 0.2) is 66.1 Å². The Morgan fingerprint density at radius 2 is 1.92 bits per heavy atom. The topological polar surface area (TPSA) is 89.8 Å². The van der Waals surface area contributed by atoms with E-state index in [1.54, 1.807) is 37.3 Å². The lowest BCUT2D eigenvalue weighted by molar-refractivity contribution is -0.385. The third kappa shape index (κ3) is 4.16. The van der Waals surface area contributed by atoms with Crippen molar-refractivity contribution < 1.29 is 18.1 Å². The quantitative estimate of drug-likeness (QED) is 0.408. The number of hydrogen-bond donors (Lipinski definition) is 0. The minimum absolute atomic E-state index is 0.129. The highest BCUT2D eigenvalue weighted by Crippen LogP contribution is 2.27. The number of anilines is 1. The standard InChI is InChI=1S/C17H18N2O5S/c1-3-12-24-16-10-8-14(9-11-16)18(4-2)25(22,23)17-7-5-6-15(13-17)19(20)21/h3,5-11,13H,1,4,12H2,2H3. The molecular weight excluding hydrogens is 344 g/mol. The van der Waals surface area contributed by atoms with E-state index in [1.807, 2.05) is 0 Å². The van der Waals surface area contributed by atoms with Gasteiger partial charge >= 0.3 is 0 Å². The van der Waals surface area contributed by atoms with Crippen molar-refractivity contribution in [1.82, 2.24) is 0 Å². The third-order valence-electron chi connectivity index (χ3n) is 3.40. The summed E-state index contributed by atoms with van der Waals surface area (Å²) >= 11 is 0. The molecule has 2 rings (SSSR count). The van der Waals surface area contributed by atoms with E-state index < -0.39 is 14.9 Å². The monoisotopic (exact) mass is 362 g/mol. The lowest BCUT2D eigenvalue weighted by Gasteiger charge is -2.23. The number of rotatable bonds is 8. The van der Waals surface area contributed by atoms with Gasteiger partial charge in [0.15, 0.2) is 0 Å². The number of nitro benzene ring substituents is 1. The van der Waals surface area contributed by atoms with Crippen molar-refractivity contribution in [2.75, 3.05) is 17.5 Å². The Bertz CT molecular complexity index is 863. The van der Waals surface area contributed by atoms with Gasteiger partial charge in [0.1, 0.15) is 12.4 Å². The molecule has 0 amide bonds. The zero-order chi connectivity index (χ0) is 18.4. The van der Waals surface area contributed by atoms with Crippen molar-refractivity contribution in [1.29, 1.82) is 0 Å². The van der Waals surface area contributed by atoms with Gasteiger partial charge in [-0.1, -0.05) is 18.7 Å². The fourth-order valence-electron chi connectivity index (χ4n) is 2.24. The molecule has 0 heterocycles. The van der Waals surface area contributed by atoms with E-state index >= 15 is 0 Å². The summed E-state index contributed by atoms with van der Waals surface area (Å²) in [6.07, 6.45) is 1.61. The molecule has 132 valence electrons. The first-order chi connectivity index (χ1) is 11.9. The second kappa shape index (κ2) is 7.80. The fourth-order valence-corrected chi connectivity index (χ4v) is 3.75. The highest BCUT2D eigenvalue weighted by Gasteiger charge is 2.25. The average molecular weight is 362 g/mol. The summed E-state index contributed by atoms with van der Waals surface area (Å²) in [5, 5.41) is 10.9. The molecular formula is C17H18N2O5S. The van der Waals surface area contributed by atoms with Gasteiger partial charge in [-0.25, -0.2) is 8.42 Å². The first-order valence-electron chi connectivity index (χ1n) is 7.51. The van der Waals surface area contributed by atoms with Gasteiger partial charge in [-0.15, -0.1) is 0 Å². The van der Waals surface area contributed by atoms with E-state index in [9.17, 15) is 18.5 Å². The SMILES string of the molecule is C=CCOc1ccc(N(CC)S(=O)(=O)c2cccc([N+](=O)[O-])c2)cc1. The van der Waals surface area contributed by atoms with E-state index in [1.165, 1.54) is 22.5 Å². The number of benzene rings is 2. The number of sulfonamides is 1. The van der Waals surface area contributed by atoms with Crippen molar-refractivity contribution in [2.24, 2.45) is 0 Å². The van der Waals surface area contributed by atoms with Gasteiger partial charge in [-0.05, 0) is 37.3 Å². The van der Waals surface area contributed by atoms with Gasteiger partial charge in [0.25, 0.3) is 15.7 Å². The summed E-state index contributed by atoms with van der Waals surface area (Å²) in [5.74, 6) is 0.590. The molecule has 0 aliphatic heterocycles. The van der Waals surface area contributed by atoms with Crippen LogP contribution in [0.4, 0.5) is 11.4 Å². The van der Waals surface area contributed by atoms with E-state index in [4.69, 9.17) is 4.74 Å². The summed E-state index contributed by atoms with van der Waals surface area (Å²) in [4.78, 5) is 10.1. The smallest absolute Gasteiger partial charge is 0.270 e. The van der Waals surface area contributed by atoms with Gasteiger partial charge in [0.2, 0.25) is 0 Å². The molecule has 0 aliphatic carbocycles. The molecule has 0 aromatic heterocycles. The summed E-state index contributed by atoms with van der Waals surface area (Å²) in [6, 6.07) is 11.6. The van der Waals surface area contributed by atoms with Gasteiger partial charge in [0, 0.05) is 18.7 Å². The average Bonchev–Trinajstić information content (AvgIpc) is 2.61. The maximum Gasteiger partial charge on any atom is 0.270 e. The Kier molecular flexibility index (Phi) is 5.76. The first kappa shape index (κ1) is 18.5. The van der Waals surface area contributed by atoms with Crippen LogP contribution in [0.2, 0.25) is 0 Å². The minimum Gasteiger partial charge on any atom is -0.490 e. The lowest BCUT2D eigenvalue weighted by Crippen LogP contribution is -2.30. The number of non-ortho nitro benzene ring substituents is 1. The van der Waals surface area contributed by atoms with Crippen LogP contribution in [0.25, 0.3) is 0 Å². The van der Waals surface area contributed by atoms with Crippen LogP contribution in [-0.2, 0) is 10.0 Å². The molecule has 0 atom stereocenters. The Morgan fingerprint density at radius 3 is 2.48 bits per heavy atom. The molecule has 25 heavy (non-hydrogen) atoms. The van der Waals surface area contributed by atoms with Gasteiger partial charge in [-0.2, -0.15) is 0 Å². The largest absolute Gasteiger partial charge is 0.490 e. The van der Waals surface area contributed by atoms with Crippen LogP contribution in [0.3, 0.4) is 0 Å². The van der Waals surface area contributed by atoms with Crippen LogP contribution in [0, 0.1) is 10.1 Å². The van der Waals surface area contributed by atoms with Crippen molar-refractivity contribution >= 4 is 21.4 Å². The third-order valence-corrected chi connectivity index (χ3v) is 5.30. The van der Waals surface area contributed by atoms with E-state index in [0.29, 0.717) is 18.0 Å². The van der Waals surface area contributed by atoms with Crippen molar-refractivity contribution in [2.45, 2.75) is 11.8 Å². The highest BCUT2D eigenvalue weighted by atomic mass is 32.2. The number of ether oxygens (including phenoxy) is 1. The zero-order valence-corrected chi connectivity index (χ0v) is 14.5. The molecule has 0 fully saturated rings. The number of nitro groups is 1. The van der Waals surface area contributed by atoms with Crippen molar-refractivity contribution in [3.8, 4) is 5.75 Å². The molecule has 0 bridgehead atoms. The van der Waals surface area contributed by atoms with Crippen LogP contribution >= 0.6 is 0 Å². The van der Waals surface area contributed by atoms with E-state index in [-0.39, 0.29) is 17.1 Å². The fraction of sp³-hybridized carbons (Fsp3) is 0.176. The second-order valence-corrected chi connectivity index (χ2v) is 6.88. The van der Waals surface area contributed by atoms with Gasteiger partial charge in [0.05, 0.1) is 15.5 Å². The zero-order valence-electron chi connectivity index (χ0n) is 13.7. The summed E-state index contributed by atoms with van der Waals surface area (Å²) in [6.45, 7) is 5.78. The van der Waals surface area contributed by atoms with Crippen LogP contribution in [0.1, 0.15) is 6.92 Å². The van der Waals surface area contributed by atoms with E-state index in [0.717, 1.165) is 6.07 Å². The Hall–Kier alpha value is -2.87. The minimum atomic E-state index is -3.92. The molecule has 0 saturated carbocycles. The predicted molar refractivity (Wildman–Crippen MR) is 95.4 cm³/mol. The normalized spacial score (nSPS) is 10.9.